The minimum absolute atomic E-state index is 0.189. The van der Waals surface area contributed by atoms with Gasteiger partial charge in [0.2, 0.25) is 0 Å². The molecule has 0 radical (unpaired) electrons. The van der Waals surface area contributed by atoms with Crippen LogP contribution >= 0.6 is 0 Å². The first-order valence-corrected chi connectivity index (χ1v) is 17.7. The molecule has 0 aliphatic carbocycles. The summed E-state index contributed by atoms with van der Waals surface area (Å²) in [4.78, 5) is 0. The van der Waals surface area contributed by atoms with Gasteiger partial charge in [-0.15, -0.1) is 0 Å². The molecular weight excluding hydrogens is 379 g/mol. The van der Waals surface area contributed by atoms with Gasteiger partial charge in [-0.25, -0.2) is 0 Å². The molecule has 0 aromatic heterocycles. The molecule has 1 fully saturated rings. The van der Waals surface area contributed by atoms with Gasteiger partial charge >= 0.3 is 143 Å². The molecule has 0 spiro atoms. The standard InChI is InChI=1S/C7H13O2.3C4H9.Sn/c1-2-3-4-6(8)7-5-9-7;3*1-3-4-2;/h5-8H,2-4H2,1H3;3*1,3-4H2,2H3;. The zero-order valence-corrected chi connectivity index (χ0v) is 18.4. The molecule has 1 N–H and O–H groups in total. The van der Waals surface area contributed by atoms with E-state index in [1.54, 1.807) is 0 Å². The number of rotatable bonds is 14. The van der Waals surface area contributed by atoms with Gasteiger partial charge in [-0.05, 0) is 0 Å². The predicted octanol–water partition coefficient (Wildman–Crippen LogP) is 5.69. The molecule has 2 nitrogen and oxygen atoms in total. The van der Waals surface area contributed by atoms with Crippen molar-refractivity contribution >= 4 is 18.4 Å². The summed E-state index contributed by atoms with van der Waals surface area (Å²) in [6.07, 6.45) is 11.4. The maximum absolute atomic E-state index is 10.4. The third kappa shape index (κ3) is 6.31. The van der Waals surface area contributed by atoms with Gasteiger partial charge in [0.05, 0.1) is 0 Å². The van der Waals surface area contributed by atoms with E-state index in [1.165, 1.54) is 58.3 Å². The number of epoxide rings is 1. The Morgan fingerprint density at radius 3 is 1.68 bits per heavy atom. The van der Waals surface area contributed by atoms with Gasteiger partial charge in [-0.1, -0.05) is 0 Å². The Labute approximate surface area is 143 Å². The molecular formula is C19H40O2Sn. The van der Waals surface area contributed by atoms with Crippen molar-refractivity contribution in [3.05, 3.63) is 0 Å². The van der Waals surface area contributed by atoms with Crippen molar-refractivity contribution in [2.75, 3.05) is 0 Å². The van der Waals surface area contributed by atoms with Crippen LogP contribution in [0.4, 0.5) is 0 Å². The molecule has 3 unspecified atom stereocenters. The molecule has 1 aliphatic rings. The molecule has 1 heterocycles. The summed E-state index contributed by atoms with van der Waals surface area (Å²) in [6, 6.07) is 0. The summed E-state index contributed by atoms with van der Waals surface area (Å²) in [7, 11) is 0. The molecule has 1 saturated heterocycles. The second-order valence-electron chi connectivity index (χ2n) is 7.40. The molecule has 0 amide bonds. The summed E-state index contributed by atoms with van der Waals surface area (Å²) in [5.41, 5.74) is 0. The Hall–Kier alpha value is 0.719. The van der Waals surface area contributed by atoms with Gasteiger partial charge in [-0.2, -0.15) is 0 Å². The molecule has 3 atom stereocenters. The van der Waals surface area contributed by atoms with Crippen LogP contribution in [0.25, 0.3) is 0 Å². The summed E-state index contributed by atoms with van der Waals surface area (Å²) < 4.78 is 11.2. The average Bonchev–Trinajstić information content (AvgIpc) is 3.33. The summed E-state index contributed by atoms with van der Waals surface area (Å²) in [5, 5.41) is 10.4. The molecule has 1 aliphatic heterocycles. The number of aliphatic hydroxyl groups is 1. The summed E-state index contributed by atoms with van der Waals surface area (Å²) in [5.74, 6) is 0. The SMILES string of the molecule is CCCCC(O)C1O[CH]1[Sn]([CH2]CCC)([CH2]CCC)[CH2]CCC. The van der Waals surface area contributed by atoms with E-state index in [4.69, 9.17) is 4.74 Å². The molecule has 132 valence electrons. The number of hydrogen-bond donors (Lipinski definition) is 1. The van der Waals surface area contributed by atoms with Gasteiger partial charge in [0, 0.05) is 0 Å². The zero-order valence-electron chi connectivity index (χ0n) is 15.6. The van der Waals surface area contributed by atoms with E-state index in [-0.39, 0.29) is 12.2 Å². The molecule has 1 rings (SSSR count). The van der Waals surface area contributed by atoms with Crippen LogP contribution in [0.3, 0.4) is 0 Å². The third-order valence-corrected chi connectivity index (χ3v) is 21.8. The Kier molecular flexibility index (Phi) is 10.7. The van der Waals surface area contributed by atoms with Crippen LogP contribution in [0.5, 0.6) is 0 Å². The number of unbranched alkanes of at least 4 members (excludes halogenated alkanes) is 4. The van der Waals surface area contributed by atoms with E-state index in [9.17, 15) is 5.11 Å². The first-order chi connectivity index (χ1) is 10.6. The van der Waals surface area contributed by atoms with E-state index >= 15 is 0 Å². The van der Waals surface area contributed by atoms with Crippen molar-refractivity contribution in [3.63, 3.8) is 0 Å². The van der Waals surface area contributed by atoms with Crippen molar-refractivity contribution in [3.8, 4) is 0 Å². The van der Waals surface area contributed by atoms with Gasteiger partial charge in [-0.3, -0.25) is 0 Å². The van der Waals surface area contributed by atoms with Crippen LogP contribution in [0.1, 0.15) is 85.5 Å². The fraction of sp³-hybridized carbons (Fsp3) is 1.00. The Morgan fingerprint density at radius 2 is 1.27 bits per heavy atom. The number of aliphatic hydroxyl groups excluding tert-OH is 1. The molecule has 0 aromatic rings. The maximum atomic E-state index is 10.4. The predicted molar refractivity (Wildman–Crippen MR) is 99.1 cm³/mol. The van der Waals surface area contributed by atoms with Crippen LogP contribution in [-0.4, -0.2) is 39.8 Å². The Balaban J connectivity index is 2.70. The molecule has 0 bridgehead atoms. The van der Waals surface area contributed by atoms with E-state index in [1.807, 2.05) is 0 Å². The van der Waals surface area contributed by atoms with Gasteiger partial charge in [0.25, 0.3) is 0 Å². The van der Waals surface area contributed by atoms with Crippen LogP contribution in [0.2, 0.25) is 13.3 Å². The molecule has 3 heteroatoms. The van der Waals surface area contributed by atoms with Crippen LogP contribution < -0.4 is 0 Å². The van der Waals surface area contributed by atoms with E-state index in [2.05, 4.69) is 27.7 Å². The summed E-state index contributed by atoms with van der Waals surface area (Å²) in [6.45, 7) is 9.15. The van der Waals surface area contributed by atoms with Gasteiger partial charge in [0.15, 0.2) is 0 Å². The minimum atomic E-state index is -2.25. The molecule has 0 aromatic carbocycles. The zero-order chi connectivity index (χ0) is 16.4. The molecule has 0 saturated carbocycles. The second-order valence-corrected chi connectivity index (χ2v) is 21.1. The van der Waals surface area contributed by atoms with Crippen LogP contribution in [0, 0.1) is 0 Å². The quantitative estimate of drug-likeness (QED) is 0.290. The average molecular weight is 419 g/mol. The number of ether oxygens (including phenoxy) is 1. The van der Waals surface area contributed by atoms with Crippen LogP contribution in [0.15, 0.2) is 0 Å². The van der Waals surface area contributed by atoms with E-state index in [0.717, 1.165) is 12.8 Å². The van der Waals surface area contributed by atoms with E-state index in [0.29, 0.717) is 4.12 Å². The Morgan fingerprint density at radius 1 is 0.818 bits per heavy atom. The topological polar surface area (TPSA) is 32.8 Å². The molecule has 22 heavy (non-hydrogen) atoms. The van der Waals surface area contributed by atoms with Gasteiger partial charge in [0.1, 0.15) is 0 Å². The monoisotopic (exact) mass is 420 g/mol. The van der Waals surface area contributed by atoms with Crippen molar-refractivity contribution in [1.29, 1.82) is 0 Å². The normalized spacial score (nSPS) is 22.8. The van der Waals surface area contributed by atoms with Crippen LogP contribution in [-0.2, 0) is 4.74 Å². The van der Waals surface area contributed by atoms with Crippen molar-refractivity contribution in [2.45, 2.75) is 115 Å². The van der Waals surface area contributed by atoms with E-state index < -0.39 is 18.4 Å². The first kappa shape index (κ1) is 20.8. The van der Waals surface area contributed by atoms with Gasteiger partial charge < -0.3 is 0 Å². The van der Waals surface area contributed by atoms with Crippen molar-refractivity contribution in [2.24, 2.45) is 0 Å². The summed E-state index contributed by atoms with van der Waals surface area (Å²) >= 11 is -2.25. The second kappa shape index (κ2) is 11.3. The first-order valence-electron chi connectivity index (χ1n) is 9.98. The van der Waals surface area contributed by atoms with Crippen molar-refractivity contribution < 1.29 is 9.84 Å². The fourth-order valence-electron chi connectivity index (χ4n) is 3.88. The third-order valence-electron chi connectivity index (χ3n) is 5.45. The van der Waals surface area contributed by atoms with Crippen molar-refractivity contribution in [1.82, 2.24) is 0 Å². The number of hydrogen-bond acceptors (Lipinski definition) is 2. The Bertz CT molecular complexity index is 261. The fourth-order valence-corrected chi connectivity index (χ4v) is 21.4.